The topological polar surface area (TPSA) is 69.8 Å². The van der Waals surface area contributed by atoms with Gasteiger partial charge in [0.2, 0.25) is 0 Å². The molecular formula is C20H15FN4O2. The fourth-order valence-corrected chi connectivity index (χ4v) is 2.97. The van der Waals surface area contributed by atoms with E-state index in [0.717, 1.165) is 10.1 Å². The monoisotopic (exact) mass is 362 g/mol. The van der Waals surface area contributed by atoms with Crippen molar-refractivity contribution in [3.8, 4) is 0 Å². The summed E-state index contributed by atoms with van der Waals surface area (Å²) in [6.07, 6.45) is 2.80. The predicted octanol–water partition coefficient (Wildman–Crippen LogP) is 2.19. The fourth-order valence-electron chi connectivity index (χ4n) is 2.97. The van der Waals surface area contributed by atoms with Gasteiger partial charge in [-0.05, 0) is 11.6 Å². The zero-order valence-electron chi connectivity index (χ0n) is 14.2. The maximum atomic E-state index is 14.1. The number of hydrogen-bond acceptors (Lipinski definition) is 4. The van der Waals surface area contributed by atoms with Crippen LogP contribution in [-0.2, 0) is 13.1 Å². The lowest BCUT2D eigenvalue weighted by atomic mass is 10.2. The molecule has 0 spiro atoms. The molecule has 0 aliphatic carbocycles. The van der Waals surface area contributed by atoms with Crippen LogP contribution in [0.4, 0.5) is 4.39 Å². The van der Waals surface area contributed by atoms with Gasteiger partial charge in [-0.2, -0.15) is 0 Å². The zero-order chi connectivity index (χ0) is 18.8. The van der Waals surface area contributed by atoms with Gasteiger partial charge < -0.3 is 0 Å². The molecule has 0 aliphatic rings. The van der Waals surface area contributed by atoms with Crippen molar-refractivity contribution < 1.29 is 4.39 Å². The second-order valence-corrected chi connectivity index (χ2v) is 6.07. The molecule has 4 aromatic rings. The first kappa shape index (κ1) is 16.8. The van der Waals surface area contributed by atoms with Crippen molar-refractivity contribution in [2.75, 3.05) is 0 Å². The highest BCUT2D eigenvalue weighted by Gasteiger charge is 2.16. The average molecular weight is 362 g/mol. The van der Waals surface area contributed by atoms with Gasteiger partial charge in [0.05, 0.1) is 13.1 Å². The summed E-state index contributed by atoms with van der Waals surface area (Å²) in [6.45, 7) is 0.0536. The summed E-state index contributed by atoms with van der Waals surface area (Å²) in [6, 6.07) is 15.4. The molecule has 134 valence electrons. The van der Waals surface area contributed by atoms with Gasteiger partial charge in [-0.15, -0.1) is 0 Å². The summed E-state index contributed by atoms with van der Waals surface area (Å²) < 4.78 is 16.5. The average Bonchev–Trinajstić information content (AvgIpc) is 2.70. The molecule has 6 nitrogen and oxygen atoms in total. The molecule has 0 atom stereocenters. The molecule has 7 heteroatoms. The quantitative estimate of drug-likeness (QED) is 0.558. The molecule has 0 aliphatic heterocycles. The molecule has 2 heterocycles. The van der Waals surface area contributed by atoms with Crippen molar-refractivity contribution in [1.29, 1.82) is 0 Å². The van der Waals surface area contributed by atoms with Crippen LogP contribution >= 0.6 is 0 Å². The van der Waals surface area contributed by atoms with E-state index in [-0.39, 0.29) is 24.3 Å². The number of nitrogens with zero attached hydrogens (tertiary/aromatic N) is 4. The summed E-state index contributed by atoms with van der Waals surface area (Å²) in [7, 11) is 0. The van der Waals surface area contributed by atoms with Gasteiger partial charge in [-0.3, -0.25) is 13.9 Å². The van der Waals surface area contributed by atoms with E-state index in [1.165, 1.54) is 23.0 Å². The minimum Gasteiger partial charge on any atom is -0.271 e. The minimum absolute atomic E-state index is 0.0459. The second-order valence-electron chi connectivity index (χ2n) is 6.07. The van der Waals surface area contributed by atoms with Crippen LogP contribution in [0.2, 0.25) is 0 Å². The zero-order valence-corrected chi connectivity index (χ0v) is 14.2. The first-order valence-corrected chi connectivity index (χ1v) is 8.37. The minimum atomic E-state index is -0.555. The van der Waals surface area contributed by atoms with E-state index >= 15 is 0 Å². The van der Waals surface area contributed by atoms with E-state index in [1.807, 2.05) is 30.3 Å². The van der Waals surface area contributed by atoms with Crippen molar-refractivity contribution >= 4 is 11.2 Å². The highest BCUT2D eigenvalue weighted by molar-refractivity contribution is 5.68. The number of aromatic nitrogens is 4. The SMILES string of the molecule is O=c1c2nccnc2n(Cc2ccccc2F)c(=O)n1Cc1ccccc1. The first-order chi connectivity index (χ1) is 13.1. The van der Waals surface area contributed by atoms with E-state index in [4.69, 9.17) is 0 Å². The molecule has 0 unspecified atom stereocenters. The number of rotatable bonds is 4. The van der Waals surface area contributed by atoms with Crippen LogP contribution in [0.5, 0.6) is 0 Å². The Morgan fingerprint density at radius 1 is 0.815 bits per heavy atom. The highest BCUT2D eigenvalue weighted by Crippen LogP contribution is 2.10. The Labute approximate surface area is 153 Å². The summed E-state index contributed by atoms with van der Waals surface area (Å²) >= 11 is 0. The van der Waals surface area contributed by atoms with Crippen molar-refractivity contribution in [3.63, 3.8) is 0 Å². The lowest BCUT2D eigenvalue weighted by molar-refractivity contribution is 0.581. The van der Waals surface area contributed by atoms with Crippen LogP contribution in [0.1, 0.15) is 11.1 Å². The van der Waals surface area contributed by atoms with Crippen molar-refractivity contribution in [2.45, 2.75) is 13.1 Å². The van der Waals surface area contributed by atoms with Gasteiger partial charge >= 0.3 is 5.69 Å². The summed E-state index contributed by atoms with van der Waals surface area (Å²) in [4.78, 5) is 34.1. The van der Waals surface area contributed by atoms with Gasteiger partial charge in [0.1, 0.15) is 5.82 Å². The third kappa shape index (κ3) is 3.15. The lowest BCUT2D eigenvalue weighted by Crippen LogP contribution is -2.41. The molecule has 0 fully saturated rings. The van der Waals surface area contributed by atoms with Crippen LogP contribution in [0, 0.1) is 5.82 Å². The van der Waals surface area contributed by atoms with E-state index in [2.05, 4.69) is 9.97 Å². The third-order valence-electron chi connectivity index (χ3n) is 4.31. The smallest absolute Gasteiger partial charge is 0.271 e. The second kappa shape index (κ2) is 6.95. The molecule has 4 rings (SSSR count). The molecule has 0 saturated heterocycles. The van der Waals surface area contributed by atoms with Gasteiger partial charge in [-0.25, -0.2) is 19.2 Å². The largest absolute Gasteiger partial charge is 0.333 e. The normalized spacial score (nSPS) is 11.0. The van der Waals surface area contributed by atoms with Crippen LogP contribution in [0.3, 0.4) is 0 Å². The maximum Gasteiger partial charge on any atom is 0.333 e. The van der Waals surface area contributed by atoms with E-state index < -0.39 is 17.1 Å². The van der Waals surface area contributed by atoms with Crippen LogP contribution in [0.25, 0.3) is 11.2 Å². The van der Waals surface area contributed by atoms with Crippen molar-refractivity contribution in [2.24, 2.45) is 0 Å². The van der Waals surface area contributed by atoms with Gasteiger partial charge in [0.15, 0.2) is 11.2 Å². The van der Waals surface area contributed by atoms with Crippen LogP contribution in [-0.4, -0.2) is 19.1 Å². The van der Waals surface area contributed by atoms with Gasteiger partial charge in [0.25, 0.3) is 5.56 Å². The molecule has 0 radical (unpaired) electrons. The Bertz CT molecular complexity index is 1230. The van der Waals surface area contributed by atoms with E-state index in [1.54, 1.807) is 18.2 Å². The maximum absolute atomic E-state index is 14.1. The van der Waals surface area contributed by atoms with Gasteiger partial charge in [0, 0.05) is 18.0 Å². The number of halogens is 1. The molecule has 0 saturated carbocycles. The third-order valence-corrected chi connectivity index (χ3v) is 4.31. The molecule has 27 heavy (non-hydrogen) atoms. The molecular weight excluding hydrogens is 347 g/mol. The Morgan fingerprint density at radius 3 is 2.30 bits per heavy atom. The van der Waals surface area contributed by atoms with Gasteiger partial charge in [-0.1, -0.05) is 48.5 Å². The van der Waals surface area contributed by atoms with E-state index in [0.29, 0.717) is 5.56 Å². The van der Waals surface area contributed by atoms with E-state index in [9.17, 15) is 14.0 Å². The Hall–Kier alpha value is -3.61. The fraction of sp³-hybridized carbons (Fsp3) is 0.100. The van der Waals surface area contributed by atoms with Crippen LogP contribution < -0.4 is 11.2 Å². The highest BCUT2D eigenvalue weighted by atomic mass is 19.1. The molecule has 0 amide bonds. The van der Waals surface area contributed by atoms with Crippen molar-refractivity contribution in [1.82, 2.24) is 19.1 Å². The van der Waals surface area contributed by atoms with Crippen molar-refractivity contribution in [3.05, 3.63) is 105 Å². The molecule has 2 aromatic carbocycles. The number of hydrogen-bond donors (Lipinski definition) is 0. The first-order valence-electron chi connectivity index (χ1n) is 8.37. The summed E-state index contributed by atoms with van der Waals surface area (Å²) in [5.41, 5.74) is 0.273. The predicted molar refractivity (Wildman–Crippen MR) is 99.1 cm³/mol. The lowest BCUT2D eigenvalue weighted by Gasteiger charge is -2.13. The van der Waals surface area contributed by atoms with Crippen LogP contribution in [0.15, 0.2) is 76.6 Å². The Kier molecular flexibility index (Phi) is 4.33. The molecule has 2 aromatic heterocycles. The molecule has 0 bridgehead atoms. The Morgan fingerprint density at radius 2 is 1.52 bits per heavy atom. The summed E-state index contributed by atoms with van der Waals surface area (Å²) in [5.74, 6) is -0.428. The standard InChI is InChI=1S/C20H15FN4O2/c21-16-9-5-4-8-15(16)13-24-18-17(22-10-11-23-18)19(26)25(20(24)27)12-14-6-2-1-3-7-14/h1-11H,12-13H2. The number of benzene rings is 2. The molecule has 0 N–H and O–H groups in total. The number of fused-ring (bicyclic) bond motifs is 1. The summed E-state index contributed by atoms with van der Waals surface area (Å²) in [5, 5.41) is 0. The Balaban J connectivity index is 1.93.